The molecule has 4 aromatic rings. The zero-order valence-electron chi connectivity index (χ0n) is 17.3. The van der Waals surface area contributed by atoms with E-state index >= 15 is 0 Å². The smallest absolute Gasteiger partial charge is 0.325 e. The van der Waals surface area contributed by atoms with Crippen LogP contribution in [0, 0.1) is 26.6 Å². The molecular weight excluding hydrogens is 399 g/mol. The molecule has 8 nitrogen and oxygen atoms in total. The molecule has 9 heteroatoms. The first-order chi connectivity index (χ1) is 14.8. The molecule has 31 heavy (non-hydrogen) atoms. The maximum Gasteiger partial charge on any atom is 0.353 e. The molecule has 1 amide bonds. The fourth-order valence-corrected chi connectivity index (χ4v) is 3.18. The molecule has 4 rings (SSSR count). The molecule has 0 saturated carbocycles. The summed E-state index contributed by atoms with van der Waals surface area (Å²) in [5, 5.41) is 9.86. The predicted octanol–water partition coefficient (Wildman–Crippen LogP) is 3.34. The van der Waals surface area contributed by atoms with Crippen molar-refractivity contribution < 1.29 is 9.18 Å². The van der Waals surface area contributed by atoms with E-state index in [2.05, 4.69) is 20.7 Å². The Balaban J connectivity index is 1.66. The molecule has 2 aromatic heterocycles. The van der Waals surface area contributed by atoms with Crippen molar-refractivity contribution in [2.24, 2.45) is 0 Å². The lowest BCUT2D eigenvalue weighted by atomic mass is 10.1. The molecule has 2 N–H and O–H groups in total. The second-order valence-corrected chi connectivity index (χ2v) is 7.31. The molecule has 0 unspecified atom stereocenters. The number of halogens is 1. The normalized spacial score (nSPS) is 11.0. The summed E-state index contributed by atoms with van der Waals surface area (Å²) in [5.41, 5.74) is 3.55. The first-order valence-electron chi connectivity index (χ1n) is 9.67. The van der Waals surface area contributed by atoms with Gasteiger partial charge in [-0.05, 0) is 56.2 Å². The summed E-state index contributed by atoms with van der Waals surface area (Å²) in [6.07, 6.45) is 0. The minimum Gasteiger partial charge on any atom is -0.325 e. The molecule has 158 valence electrons. The number of nitrogens with one attached hydrogen (secondary N) is 2. The number of hydrogen-bond acceptors (Lipinski definition) is 5. The van der Waals surface area contributed by atoms with Gasteiger partial charge >= 0.3 is 5.69 Å². The third-order valence-electron chi connectivity index (χ3n) is 4.90. The van der Waals surface area contributed by atoms with Gasteiger partial charge in [0.05, 0.1) is 5.69 Å². The van der Waals surface area contributed by atoms with Crippen LogP contribution in [0.4, 0.5) is 21.7 Å². The van der Waals surface area contributed by atoms with Crippen LogP contribution in [0.2, 0.25) is 0 Å². The third-order valence-corrected chi connectivity index (χ3v) is 4.90. The number of aryl methyl sites for hydroxylation is 3. The number of para-hydroxylation sites is 1. The van der Waals surface area contributed by atoms with E-state index in [1.807, 2.05) is 32.0 Å². The Bertz CT molecular complexity index is 1360. The van der Waals surface area contributed by atoms with Crippen molar-refractivity contribution in [3.05, 3.63) is 81.7 Å². The lowest BCUT2D eigenvalue weighted by Gasteiger charge is -2.09. The highest BCUT2D eigenvalue weighted by Gasteiger charge is 2.16. The van der Waals surface area contributed by atoms with Gasteiger partial charge in [-0.2, -0.15) is 0 Å². The minimum atomic E-state index is -0.566. The molecule has 0 aliphatic carbocycles. The van der Waals surface area contributed by atoms with Crippen molar-refractivity contribution in [2.75, 3.05) is 10.6 Å². The molecule has 0 saturated heterocycles. The highest BCUT2D eigenvalue weighted by Crippen LogP contribution is 2.19. The predicted molar refractivity (Wildman–Crippen MR) is 116 cm³/mol. The van der Waals surface area contributed by atoms with Crippen molar-refractivity contribution in [2.45, 2.75) is 27.3 Å². The fraction of sp³-hybridized carbons (Fsp3) is 0.182. The summed E-state index contributed by atoms with van der Waals surface area (Å²) in [5.74, 6) is -0.828. The Morgan fingerprint density at radius 3 is 2.58 bits per heavy atom. The molecule has 0 radical (unpaired) electrons. The van der Waals surface area contributed by atoms with Crippen LogP contribution in [0.1, 0.15) is 16.8 Å². The SMILES string of the molecule is Cc1cc2nn(CC(=O)Nc3ccccc3F)c(=O)n2c(Nc2ccc(C)c(C)c2)n1. The monoisotopic (exact) mass is 420 g/mol. The lowest BCUT2D eigenvalue weighted by Crippen LogP contribution is -2.29. The second kappa shape index (κ2) is 8.02. The lowest BCUT2D eigenvalue weighted by molar-refractivity contribution is -0.117. The number of benzene rings is 2. The van der Waals surface area contributed by atoms with Crippen LogP contribution >= 0.6 is 0 Å². The third kappa shape index (κ3) is 4.16. The van der Waals surface area contributed by atoms with E-state index in [0.29, 0.717) is 17.3 Å². The van der Waals surface area contributed by atoms with Gasteiger partial charge in [0.15, 0.2) is 5.65 Å². The number of nitrogens with zero attached hydrogens (tertiary/aromatic N) is 4. The van der Waals surface area contributed by atoms with Crippen LogP contribution in [0.15, 0.2) is 53.3 Å². The number of fused-ring (bicyclic) bond motifs is 1. The Hall–Kier alpha value is -4.01. The van der Waals surface area contributed by atoms with Crippen molar-refractivity contribution in [3.8, 4) is 0 Å². The molecule has 0 spiro atoms. The topological polar surface area (TPSA) is 93.3 Å². The summed E-state index contributed by atoms with van der Waals surface area (Å²) in [6.45, 7) is 5.44. The summed E-state index contributed by atoms with van der Waals surface area (Å²) >= 11 is 0. The Labute approximate surface area is 177 Å². The highest BCUT2D eigenvalue weighted by atomic mass is 19.1. The first-order valence-corrected chi connectivity index (χ1v) is 9.67. The molecule has 0 bridgehead atoms. The van der Waals surface area contributed by atoms with Gasteiger partial charge in [-0.1, -0.05) is 18.2 Å². The van der Waals surface area contributed by atoms with Crippen LogP contribution in [0.3, 0.4) is 0 Å². The van der Waals surface area contributed by atoms with Gasteiger partial charge in [0.1, 0.15) is 12.4 Å². The Kier molecular flexibility index (Phi) is 5.24. The van der Waals surface area contributed by atoms with E-state index in [1.165, 1.54) is 22.6 Å². The number of anilines is 3. The average molecular weight is 420 g/mol. The molecule has 2 heterocycles. The van der Waals surface area contributed by atoms with Crippen molar-refractivity contribution in [1.82, 2.24) is 19.2 Å². The summed E-state index contributed by atoms with van der Waals surface area (Å²) in [4.78, 5) is 29.7. The Morgan fingerprint density at radius 2 is 1.84 bits per heavy atom. The van der Waals surface area contributed by atoms with Gasteiger partial charge in [-0.15, -0.1) is 5.10 Å². The zero-order valence-corrected chi connectivity index (χ0v) is 17.3. The Morgan fingerprint density at radius 1 is 1.06 bits per heavy atom. The quantitative estimate of drug-likeness (QED) is 0.517. The van der Waals surface area contributed by atoms with Crippen LogP contribution in [-0.2, 0) is 11.3 Å². The molecular formula is C22H21FN6O2. The standard InChI is InChI=1S/C22H21FN6O2/c1-13-8-9-16(10-14(13)2)25-21-24-15(3)11-19-27-28(22(31)29(19)21)12-20(30)26-18-7-5-4-6-17(18)23/h4-11H,12H2,1-3H3,(H,24,25)(H,26,30). The van der Waals surface area contributed by atoms with Gasteiger partial charge in [0, 0.05) is 17.4 Å². The van der Waals surface area contributed by atoms with Crippen molar-refractivity contribution in [3.63, 3.8) is 0 Å². The average Bonchev–Trinajstić information content (AvgIpc) is 3.01. The van der Waals surface area contributed by atoms with E-state index in [4.69, 9.17) is 0 Å². The number of hydrogen-bond donors (Lipinski definition) is 2. The van der Waals surface area contributed by atoms with E-state index in [0.717, 1.165) is 21.5 Å². The largest absolute Gasteiger partial charge is 0.353 e. The number of amides is 1. The first kappa shape index (κ1) is 20.3. The van der Waals surface area contributed by atoms with Gasteiger partial charge in [0.25, 0.3) is 0 Å². The van der Waals surface area contributed by atoms with E-state index < -0.39 is 17.4 Å². The van der Waals surface area contributed by atoms with Crippen molar-refractivity contribution >= 4 is 28.9 Å². The van der Waals surface area contributed by atoms with Gasteiger partial charge < -0.3 is 10.6 Å². The van der Waals surface area contributed by atoms with E-state index in [-0.39, 0.29) is 12.2 Å². The number of rotatable bonds is 5. The minimum absolute atomic E-state index is 0.0407. The van der Waals surface area contributed by atoms with Gasteiger partial charge in [-0.3, -0.25) is 4.79 Å². The second-order valence-electron chi connectivity index (χ2n) is 7.31. The molecule has 2 aromatic carbocycles. The van der Waals surface area contributed by atoms with Crippen LogP contribution < -0.4 is 16.3 Å². The van der Waals surface area contributed by atoms with Crippen LogP contribution in [0.25, 0.3) is 5.65 Å². The number of aromatic nitrogens is 4. The van der Waals surface area contributed by atoms with Gasteiger partial charge in [-0.25, -0.2) is 23.3 Å². The van der Waals surface area contributed by atoms with Crippen LogP contribution in [0.5, 0.6) is 0 Å². The van der Waals surface area contributed by atoms with E-state index in [9.17, 15) is 14.0 Å². The zero-order chi connectivity index (χ0) is 22.1. The van der Waals surface area contributed by atoms with Gasteiger partial charge in [0.2, 0.25) is 11.9 Å². The summed E-state index contributed by atoms with van der Waals surface area (Å²) in [6, 6.07) is 13.3. The van der Waals surface area contributed by atoms with Crippen molar-refractivity contribution in [1.29, 1.82) is 0 Å². The molecule has 0 aliphatic heterocycles. The molecule has 0 aliphatic rings. The molecule has 0 fully saturated rings. The maximum atomic E-state index is 13.8. The molecule has 0 atom stereocenters. The summed E-state index contributed by atoms with van der Waals surface area (Å²) < 4.78 is 16.1. The fourth-order valence-electron chi connectivity index (χ4n) is 3.18. The number of carbonyl (C=O) groups is 1. The van der Waals surface area contributed by atoms with Crippen LogP contribution in [-0.4, -0.2) is 25.1 Å². The highest BCUT2D eigenvalue weighted by molar-refractivity contribution is 5.90. The van der Waals surface area contributed by atoms with E-state index in [1.54, 1.807) is 19.1 Å². The number of carbonyl (C=O) groups excluding carboxylic acids is 1. The summed E-state index contributed by atoms with van der Waals surface area (Å²) in [7, 11) is 0. The maximum absolute atomic E-state index is 13.8.